The first kappa shape index (κ1) is 24.3. The minimum absolute atomic E-state index is 0.0331. The van der Waals surface area contributed by atoms with Crippen molar-refractivity contribution in [3.05, 3.63) is 82.1 Å². The normalized spacial score (nSPS) is 12.2. The number of amides is 1. The van der Waals surface area contributed by atoms with Crippen molar-refractivity contribution in [1.29, 1.82) is 0 Å². The van der Waals surface area contributed by atoms with Gasteiger partial charge in [-0.2, -0.15) is 13.2 Å². The number of halogens is 3. The second-order valence-corrected chi connectivity index (χ2v) is 9.96. The molecule has 1 aromatic carbocycles. The lowest BCUT2D eigenvalue weighted by atomic mass is 10.1. The number of rotatable bonds is 8. The number of sulfone groups is 1. The van der Waals surface area contributed by atoms with E-state index in [9.17, 15) is 26.4 Å². The fourth-order valence-corrected chi connectivity index (χ4v) is 3.91. The molecule has 0 fully saturated rings. The number of allylic oxidation sites excluding steroid dienone is 1. The van der Waals surface area contributed by atoms with E-state index >= 15 is 0 Å². The van der Waals surface area contributed by atoms with Gasteiger partial charge >= 0.3 is 6.18 Å². The number of thiophene rings is 1. The third-order valence-corrected chi connectivity index (χ3v) is 6.62. The van der Waals surface area contributed by atoms with E-state index in [4.69, 9.17) is 10.5 Å². The van der Waals surface area contributed by atoms with Gasteiger partial charge < -0.3 is 10.5 Å². The lowest BCUT2D eigenvalue weighted by Crippen LogP contribution is -2.13. The van der Waals surface area contributed by atoms with Crippen molar-refractivity contribution < 1.29 is 31.1 Å². The van der Waals surface area contributed by atoms with Crippen molar-refractivity contribution in [3.63, 3.8) is 0 Å². The molecule has 12 heteroatoms. The Labute approximate surface area is 191 Å². The molecular weight excluding hydrogens is 479 g/mol. The van der Waals surface area contributed by atoms with Crippen molar-refractivity contribution in [2.75, 3.05) is 6.26 Å². The van der Waals surface area contributed by atoms with Crippen LogP contribution in [0.1, 0.15) is 26.5 Å². The van der Waals surface area contributed by atoms with Gasteiger partial charge in [-0.1, -0.05) is 24.8 Å². The predicted molar refractivity (Wildman–Crippen MR) is 119 cm³/mol. The highest BCUT2D eigenvalue weighted by atomic mass is 32.2. The Morgan fingerprint density at radius 3 is 2.67 bits per heavy atom. The molecule has 7 nitrogen and oxygen atoms in total. The summed E-state index contributed by atoms with van der Waals surface area (Å²) in [5.41, 5.74) is 4.90. The number of hydrogen-bond donors (Lipinski definition) is 1. The van der Waals surface area contributed by atoms with Gasteiger partial charge in [0, 0.05) is 24.1 Å². The number of carbonyl (C=O) groups is 1. The van der Waals surface area contributed by atoms with E-state index in [1.54, 1.807) is 6.20 Å². The van der Waals surface area contributed by atoms with Crippen LogP contribution in [0.2, 0.25) is 0 Å². The molecule has 0 unspecified atom stereocenters. The third kappa shape index (κ3) is 5.90. The van der Waals surface area contributed by atoms with Crippen molar-refractivity contribution >= 4 is 33.2 Å². The SMILES string of the molecule is C=C(/C=C\c1cn(-c2cc(OCc3ccccc3C(F)(F)F)c(C(N)=O)s2)cn1)S(C)(=O)=O. The first-order chi connectivity index (χ1) is 15.4. The van der Waals surface area contributed by atoms with Crippen molar-refractivity contribution in [2.45, 2.75) is 12.8 Å². The number of hydrogen-bond acceptors (Lipinski definition) is 6. The largest absolute Gasteiger partial charge is 0.487 e. The van der Waals surface area contributed by atoms with Crippen molar-refractivity contribution in [3.8, 4) is 10.8 Å². The number of primary amides is 1. The molecule has 0 aliphatic carbocycles. The smallest absolute Gasteiger partial charge is 0.416 e. The summed E-state index contributed by atoms with van der Waals surface area (Å²) in [6, 6.07) is 6.44. The van der Waals surface area contributed by atoms with E-state index in [1.165, 1.54) is 47.3 Å². The molecule has 1 amide bonds. The Kier molecular flexibility index (Phi) is 6.79. The Morgan fingerprint density at radius 1 is 1.33 bits per heavy atom. The summed E-state index contributed by atoms with van der Waals surface area (Å²) < 4.78 is 69.5. The van der Waals surface area contributed by atoms with Crippen LogP contribution in [-0.2, 0) is 22.6 Å². The summed E-state index contributed by atoms with van der Waals surface area (Å²) in [6.45, 7) is 3.04. The van der Waals surface area contributed by atoms with Crippen LogP contribution in [0.15, 0.2) is 60.4 Å². The molecule has 174 valence electrons. The zero-order valence-corrected chi connectivity index (χ0v) is 18.8. The predicted octanol–water partition coefficient (Wildman–Crippen LogP) is 4.20. The molecule has 2 N–H and O–H groups in total. The number of alkyl halides is 3. The Bertz CT molecular complexity index is 1340. The number of nitrogens with zero attached hydrogens (tertiary/aromatic N) is 2. The molecule has 0 saturated heterocycles. The van der Waals surface area contributed by atoms with E-state index in [2.05, 4.69) is 11.6 Å². The molecule has 0 saturated carbocycles. The van der Waals surface area contributed by atoms with E-state index in [0.717, 1.165) is 23.7 Å². The summed E-state index contributed by atoms with van der Waals surface area (Å²) in [7, 11) is -3.42. The number of imidazole rings is 1. The Hall–Kier alpha value is -3.38. The molecule has 2 heterocycles. The molecule has 0 aliphatic rings. The van der Waals surface area contributed by atoms with Crippen LogP contribution in [-0.4, -0.2) is 30.1 Å². The zero-order valence-electron chi connectivity index (χ0n) is 17.2. The number of aromatic nitrogens is 2. The summed E-state index contributed by atoms with van der Waals surface area (Å²) in [5.74, 6) is -0.759. The van der Waals surface area contributed by atoms with Crippen LogP contribution >= 0.6 is 11.3 Å². The highest BCUT2D eigenvalue weighted by molar-refractivity contribution is 7.94. The molecule has 3 aromatic rings. The van der Waals surface area contributed by atoms with Gasteiger partial charge in [0.15, 0.2) is 9.84 Å². The quantitative estimate of drug-likeness (QED) is 0.470. The maximum atomic E-state index is 13.2. The molecule has 2 aromatic heterocycles. The lowest BCUT2D eigenvalue weighted by Gasteiger charge is -2.13. The highest BCUT2D eigenvalue weighted by Gasteiger charge is 2.33. The van der Waals surface area contributed by atoms with Gasteiger partial charge in [0.25, 0.3) is 5.91 Å². The van der Waals surface area contributed by atoms with Gasteiger partial charge in [0.05, 0.1) is 16.2 Å². The molecule has 0 spiro atoms. The lowest BCUT2D eigenvalue weighted by molar-refractivity contribution is -0.138. The second-order valence-electron chi connectivity index (χ2n) is 6.86. The maximum Gasteiger partial charge on any atom is 0.416 e. The molecule has 0 aliphatic heterocycles. The molecule has 0 atom stereocenters. The number of benzene rings is 1. The first-order valence-corrected chi connectivity index (χ1v) is 11.9. The topological polar surface area (TPSA) is 104 Å². The van der Waals surface area contributed by atoms with Crippen LogP contribution in [0.4, 0.5) is 13.2 Å². The average Bonchev–Trinajstić information content (AvgIpc) is 3.36. The Morgan fingerprint density at radius 2 is 2.03 bits per heavy atom. The first-order valence-electron chi connectivity index (χ1n) is 9.19. The Balaban J connectivity index is 1.84. The van der Waals surface area contributed by atoms with Crippen molar-refractivity contribution in [1.82, 2.24) is 9.55 Å². The van der Waals surface area contributed by atoms with Crippen LogP contribution in [0, 0.1) is 0 Å². The van der Waals surface area contributed by atoms with Gasteiger partial charge in [0.2, 0.25) is 0 Å². The van der Waals surface area contributed by atoms with E-state index < -0.39 is 34.1 Å². The summed E-state index contributed by atoms with van der Waals surface area (Å²) in [4.78, 5) is 15.9. The van der Waals surface area contributed by atoms with E-state index in [1.807, 2.05) is 0 Å². The van der Waals surface area contributed by atoms with Gasteiger partial charge in [-0.05, 0) is 18.2 Å². The van der Waals surface area contributed by atoms with Gasteiger partial charge in [-0.3, -0.25) is 9.36 Å². The average molecular weight is 498 g/mol. The standard InChI is InChI=1S/C21H18F3N3O4S2/c1-13(33(2,29)30)7-8-15-10-27(12-26-15)18-9-17(19(32-18)20(25)28)31-11-14-5-3-4-6-16(14)21(22,23)24/h3-10,12H,1,11H2,2H3,(H2,25,28)/b8-7-. The van der Waals surface area contributed by atoms with Crippen LogP contribution in [0.3, 0.4) is 0 Å². The molecule has 3 rings (SSSR count). The summed E-state index contributed by atoms with van der Waals surface area (Å²) >= 11 is 0.971. The van der Waals surface area contributed by atoms with Gasteiger partial charge in [-0.15, -0.1) is 11.3 Å². The van der Waals surface area contributed by atoms with E-state index in [-0.39, 0.29) is 21.1 Å². The van der Waals surface area contributed by atoms with Crippen LogP contribution in [0.25, 0.3) is 11.1 Å². The highest BCUT2D eigenvalue weighted by Crippen LogP contribution is 2.35. The number of nitrogens with two attached hydrogens (primary N) is 1. The van der Waals surface area contributed by atoms with Gasteiger partial charge in [-0.25, -0.2) is 13.4 Å². The third-order valence-electron chi connectivity index (χ3n) is 4.39. The fourth-order valence-electron chi connectivity index (χ4n) is 2.69. The molecule has 33 heavy (non-hydrogen) atoms. The number of ether oxygens (including phenoxy) is 1. The minimum atomic E-state index is -4.55. The second kappa shape index (κ2) is 9.24. The molecular formula is C21H18F3N3O4S2. The monoisotopic (exact) mass is 497 g/mol. The van der Waals surface area contributed by atoms with Crippen LogP contribution in [0.5, 0.6) is 5.75 Å². The maximum absolute atomic E-state index is 13.2. The van der Waals surface area contributed by atoms with Gasteiger partial charge in [0.1, 0.15) is 28.6 Å². The van der Waals surface area contributed by atoms with Crippen molar-refractivity contribution in [2.24, 2.45) is 5.73 Å². The van der Waals surface area contributed by atoms with E-state index in [0.29, 0.717) is 10.7 Å². The fraction of sp³-hybridized carbons (Fsp3) is 0.143. The zero-order chi connectivity index (χ0) is 24.4. The summed E-state index contributed by atoms with van der Waals surface area (Å²) in [6.07, 6.45) is 2.22. The van der Waals surface area contributed by atoms with Crippen LogP contribution < -0.4 is 10.5 Å². The summed E-state index contributed by atoms with van der Waals surface area (Å²) in [5, 5.41) is 0.469. The number of carbonyl (C=O) groups excluding carboxylic acids is 1. The minimum Gasteiger partial charge on any atom is -0.487 e. The molecule has 0 radical (unpaired) electrons. The molecule has 0 bridgehead atoms.